The molecule has 3 aromatic rings. The van der Waals surface area contributed by atoms with E-state index in [2.05, 4.69) is 31.4 Å². The minimum Gasteiger partial charge on any atom is -0.444 e. The molecule has 2 aromatic carbocycles. The summed E-state index contributed by atoms with van der Waals surface area (Å²) in [6.07, 6.45) is -0.424. The summed E-state index contributed by atoms with van der Waals surface area (Å²) in [7, 11) is 0. The van der Waals surface area contributed by atoms with Crippen LogP contribution in [0.2, 0.25) is 0 Å². The Morgan fingerprint density at radius 3 is 2.54 bits per heavy atom. The third kappa shape index (κ3) is 6.94. The van der Waals surface area contributed by atoms with Gasteiger partial charge in [-0.25, -0.2) is 4.79 Å². The Labute approximate surface area is 224 Å². The van der Waals surface area contributed by atoms with Crippen molar-refractivity contribution in [1.82, 2.24) is 25.0 Å². The van der Waals surface area contributed by atoms with Gasteiger partial charge in [-0.2, -0.15) is 0 Å². The molecule has 0 radical (unpaired) electrons. The summed E-state index contributed by atoms with van der Waals surface area (Å²) in [4.78, 5) is 27.0. The van der Waals surface area contributed by atoms with E-state index in [1.54, 1.807) is 18.7 Å². The van der Waals surface area contributed by atoms with Gasteiger partial charge in [0, 0.05) is 23.1 Å². The van der Waals surface area contributed by atoms with Gasteiger partial charge in [-0.15, -0.1) is 10.2 Å². The van der Waals surface area contributed by atoms with Gasteiger partial charge in [0.1, 0.15) is 12.6 Å². The Bertz CT molecular complexity index is 1230. The van der Waals surface area contributed by atoms with Crippen LogP contribution in [0.15, 0.2) is 59.1 Å². The lowest BCUT2D eigenvalue weighted by atomic mass is 10.1. The highest BCUT2D eigenvalue weighted by atomic mass is 79.9. The Morgan fingerprint density at radius 2 is 1.81 bits per heavy atom. The first-order valence-corrected chi connectivity index (χ1v) is 12.8. The number of nitrogens with one attached hydrogen (secondary N) is 1. The van der Waals surface area contributed by atoms with Crippen molar-refractivity contribution in [1.29, 1.82) is 0 Å². The number of nitrogens with two attached hydrogens (primary N) is 1. The number of hydrogen-bond donors (Lipinski definition) is 2. The second kappa shape index (κ2) is 11.8. The summed E-state index contributed by atoms with van der Waals surface area (Å²) >= 11 is 3.47. The topological polar surface area (TPSA) is 125 Å². The number of halogens is 1. The maximum atomic E-state index is 12.7. The lowest BCUT2D eigenvalue weighted by molar-refractivity contribution is -0.126. The van der Waals surface area contributed by atoms with Crippen LogP contribution in [0.3, 0.4) is 0 Å². The first kappa shape index (κ1) is 26.8. The first-order valence-electron chi connectivity index (χ1n) is 12.0. The summed E-state index contributed by atoms with van der Waals surface area (Å²) < 4.78 is 14.2. The summed E-state index contributed by atoms with van der Waals surface area (Å²) in [6, 6.07) is 16.8. The Morgan fingerprint density at radius 1 is 1.08 bits per heavy atom. The van der Waals surface area contributed by atoms with Gasteiger partial charge in [-0.1, -0.05) is 64.5 Å². The van der Waals surface area contributed by atoms with Crippen molar-refractivity contribution >= 4 is 27.9 Å². The molecule has 0 spiro atoms. The molecule has 2 heterocycles. The van der Waals surface area contributed by atoms with Gasteiger partial charge in [0.25, 0.3) is 0 Å². The molecule has 1 atom stereocenters. The van der Waals surface area contributed by atoms with Crippen molar-refractivity contribution in [2.45, 2.75) is 51.7 Å². The molecule has 11 heteroatoms. The van der Waals surface area contributed by atoms with E-state index in [1.807, 2.05) is 59.2 Å². The Kier molecular flexibility index (Phi) is 8.57. The summed E-state index contributed by atoms with van der Waals surface area (Å²) in [5.41, 5.74) is 6.84. The van der Waals surface area contributed by atoms with E-state index < -0.39 is 17.7 Å². The van der Waals surface area contributed by atoms with Crippen LogP contribution < -0.4 is 11.1 Å². The molecule has 0 unspecified atom stereocenters. The fourth-order valence-corrected chi connectivity index (χ4v) is 4.23. The second-order valence-electron chi connectivity index (χ2n) is 9.44. The lowest BCUT2D eigenvalue weighted by Crippen LogP contribution is -2.51. The molecule has 0 saturated carbocycles. The van der Waals surface area contributed by atoms with E-state index >= 15 is 0 Å². The Hall–Kier alpha value is -3.28. The number of hydrogen-bond acceptors (Lipinski definition) is 7. The fraction of sp³-hybridized carbons (Fsp3) is 0.385. The molecule has 0 fully saturated rings. The van der Waals surface area contributed by atoms with E-state index in [0.717, 1.165) is 15.6 Å². The van der Waals surface area contributed by atoms with Gasteiger partial charge in [-0.3, -0.25) is 9.69 Å². The van der Waals surface area contributed by atoms with Crippen molar-refractivity contribution in [3.63, 3.8) is 0 Å². The molecule has 4 rings (SSSR count). The smallest absolute Gasteiger partial charge is 0.410 e. The van der Waals surface area contributed by atoms with Crippen LogP contribution in [0.5, 0.6) is 0 Å². The third-order valence-electron chi connectivity index (χ3n) is 5.95. The molecule has 3 N–H and O–H groups in total. The minimum atomic E-state index is -1.07. The van der Waals surface area contributed by atoms with E-state index in [1.165, 1.54) is 0 Å². The summed E-state index contributed by atoms with van der Waals surface area (Å²) in [5.74, 6) is 0.835. The van der Waals surface area contributed by atoms with Gasteiger partial charge < -0.3 is 25.1 Å². The molecule has 37 heavy (non-hydrogen) atoms. The number of amides is 2. The van der Waals surface area contributed by atoms with Crippen molar-refractivity contribution < 1.29 is 19.1 Å². The van der Waals surface area contributed by atoms with E-state index in [-0.39, 0.29) is 25.7 Å². The number of aromatic nitrogens is 3. The Balaban J connectivity index is 1.43. The molecule has 2 amide bonds. The molecule has 10 nitrogen and oxygen atoms in total. The van der Waals surface area contributed by atoms with Gasteiger partial charge in [0.05, 0.1) is 25.3 Å². The number of ether oxygens (including phenoxy) is 2. The van der Waals surface area contributed by atoms with Crippen molar-refractivity contribution in [2.24, 2.45) is 5.73 Å². The van der Waals surface area contributed by atoms with Crippen LogP contribution in [-0.2, 0) is 40.6 Å². The number of carbonyl (C=O) groups excluding carboxylic acids is 2. The van der Waals surface area contributed by atoms with Crippen LogP contribution in [0.4, 0.5) is 4.79 Å². The van der Waals surface area contributed by atoms with Crippen LogP contribution in [0.25, 0.3) is 0 Å². The maximum Gasteiger partial charge on any atom is 0.410 e. The average molecular weight is 571 g/mol. The average Bonchev–Trinajstić information content (AvgIpc) is 3.30. The zero-order chi connectivity index (χ0) is 26.4. The monoisotopic (exact) mass is 570 g/mol. The van der Waals surface area contributed by atoms with Gasteiger partial charge in [0.15, 0.2) is 11.6 Å². The van der Waals surface area contributed by atoms with Gasteiger partial charge in [-0.05, 0) is 25.5 Å². The number of rotatable bonds is 9. The van der Waals surface area contributed by atoms with E-state index in [0.29, 0.717) is 31.3 Å². The predicted octanol–water partition coefficient (Wildman–Crippen LogP) is 3.30. The number of carbonyl (C=O) groups is 2. The SMILES string of the molecule is CC(C)(N)C(=O)N[C@H](COCc1ccccc1)c1nnc2n1CCN(C(=O)OCc1ccccc1Br)C2. The molecule has 0 saturated heterocycles. The summed E-state index contributed by atoms with van der Waals surface area (Å²) in [6.45, 7) is 5.14. The van der Waals surface area contributed by atoms with Gasteiger partial charge >= 0.3 is 6.09 Å². The van der Waals surface area contributed by atoms with E-state index in [9.17, 15) is 9.59 Å². The first-order chi connectivity index (χ1) is 17.7. The zero-order valence-corrected chi connectivity index (χ0v) is 22.5. The number of nitrogens with zero attached hydrogens (tertiary/aromatic N) is 4. The molecular weight excluding hydrogens is 540 g/mol. The van der Waals surface area contributed by atoms with Gasteiger partial charge in [0.2, 0.25) is 5.91 Å². The maximum absolute atomic E-state index is 12.7. The van der Waals surface area contributed by atoms with Crippen LogP contribution in [0, 0.1) is 0 Å². The highest BCUT2D eigenvalue weighted by molar-refractivity contribution is 9.10. The standard InChI is InChI=1S/C26H31BrN6O4/c1-26(2,28)24(34)29-21(17-36-15-18-8-4-3-5-9-18)23-31-30-22-14-32(12-13-33(22)23)25(35)37-16-19-10-6-7-11-20(19)27/h3-11,21H,12-17,28H2,1-2H3,(H,29,34)/t21-/m1/s1. The molecule has 1 aromatic heterocycles. The highest BCUT2D eigenvalue weighted by Crippen LogP contribution is 2.21. The highest BCUT2D eigenvalue weighted by Gasteiger charge is 2.31. The number of benzene rings is 2. The number of fused-ring (bicyclic) bond motifs is 1. The third-order valence-corrected chi connectivity index (χ3v) is 6.72. The molecule has 196 valence electrons. The van der Waals surface area contributed by atoms with Crippen molar-refractivity contribution in [3.8, 4) is 0 Å². The van der Waals surface area contributed by atoms with Crippen molar-refractivity contribution in [2.75, 3.05) is 13.2 Å². The predicted molar refractivity (Wildman–Crippen MR) is 140 cm³/mol. The molecule has 0 bridgehead atoms. The van der Waals surface area contributed by atoms with Crippen LogP contribution >= 0.6 is 15.9 Å². The molecule has 1 aliphatic heterocycles. The molecule has 1 aliphatic rings. The van der Waals surface area contributed by atoms with E-state index in [4.69, 9.17) is 15.2 Å². The fourth-order valence-electron chi connectivity index (χ4n) is 3.83. The normalized spacial score (nSPS) is 14.1. The molecule has 0 aliphatic carbocycles. The quantitative estimate of drug-likeness (QED) is 0.404. The van der Waals surface area contributed by atoms with Crippen LogP contribution in [-0.4, -0.2) is 50.4 Å². The largest absolute Gasteiger partial charge is 0.444 e. The van der Waals surface area contributed by atoms with Crippen LogP contribution in [0.1, 0.15) is 42.7 Å². The lowest BCUT2D eigenvalue weighted by Gasteiger charge is -2.29. The minimum absolute atomic E-state index is 0.163. The molecular formula is C26H31BrN6O4. The van der Waals surface area contributed by atoms with Crippen molar-refractivity contribution in [3.05, 3.63) is 81.8 Å². The second-order valence-corrected chi connectivity index (χ2v) is 10.3. The summed E-state index contributed by atoms with van der Waals surface area (Å²) in [5, 5.41) is 11.6. The zero-order valence-electron chi connectivity index (χ0n) is 20.9.